The van der Waals surface area contributed by atoms with Crippen LogP contribution in [0.1, 0.15) is 31.2 Å². The molecule has 0 radical (unpaired) electrons. The highest BCUT2D eigenvalue weighted by Crippen LogP contribution is 2.35. The van der Waals surface area contributed by atoms with Crippen LogP contribution in [0.4, 0.5) is 5.00 Å². The average Bonchev–Trinajstić information content (AvgIpc) is 2.89. The number of hydrogen-bond donors (Lipinski definition) is 1. The summed E-state index contributed by atoms with van der Waals surface area (Å²) in [5, 5.41) is 0.755. The van der Waals surface area contributed by atoms with E-state index in [9.17, 15) is 0 Å². The Morgan fingerprint density at radius 3 is 2.55 bits per heavy atom. The predicted octanol–water partition coefficient (Wildman–Crippen LogP) is 4.74. The van der Waals surface area contributed by atoms with Gasteiger partial charge in [-0.1, -0.05) is 26.8 Å². The molecule has 0 fully saturated rings. The molecule has 2 heterocycles. The lowest BCUT2D eigenvalue weighted by molar-refractivity contribution is 0.590. The van der Waals surface area contributed by atoms with Gasteiger partial charge in [0.15, 0.2) is 5.58 Å². The molecule has 3 aromatic rings. The summed E-state index contributed by atoms with van der Waals surface area (Å²) in [7, 11) is 0. The van der Waals surface area contributed by atoms with Crippen molar-refractivity contribution < 1.29 is 4.42 Å². The summed E-state index contributed by atoms with van der Waals surface area (Å²) in [4.78, 5) is 5.75. The summed E-state index contributed by atoms with van der Waals surface area (Å²) >= 11 is 1.56. The molecule has 0 spiro atoms. The van der Waals surface area contributed by atoms with Crippen molar-refractivity contribution in [2.24, 2.45) is 0 Å². The Balaban J connectivity index is 2.14. The second-order valence-electron chi connectivity index (χ2n) is 6.09. The monoisotopic (exact) mass is 286 g/mol. The van der Waals surface area contributed by atoms with Crippen molar-refractivity contribution in [3.63, 3.8) is 0 Å². The number of aromatic nitrogens is 1. The molecule has 1 aromatic carbocycles. The molecule has 2 N–H and O–H groups in total. The van der Waals surface area contributed by atoms with E-state index < -0.39 is 0 Å². The van der Waals surface area contributed by atoms with Gasteiger partial charge in [0.2, 0.25) is 5.89 Å². The first-order valence-corrected chi connectivity index (χ1v) is 7.43. The van der Waals surface area contributed by atoms with E-state index in [1.165, 1.54) is 5.56 Å². The molecule has 0 bridgehead atoms. The number of anilines is 1. The molecule has 3 rings (SSSR count). The van der Waals surface area contributed by atoms with Gasteiger partial charge in [-0.15, -0.1) is 11.3 Å². The fourth-order valence-corrected chi connectivity index (χ4v) is 2.99. The van der Waals surface area contributed by atoms with Crippen LogP contribution in [0.15, 0.2) is 28.7 Å². The Labute approximate surface area is 122 Å². The molecule has 0 unspecified atom stereocenters. The quantitative estimate of drug-likeness (QED) is 0.702. The normalized spacial score (nSPS) is 12.2. The smallest absolute Gasteiger partial charge is 0.230 e. The van der Waals surface area contributed by atoms with Gasteiger partial charge in [-0.2, -0.15) is 0 Å². The Bertz CT molecular complexity index is 777. The summed E-state index contributed by atoms with van der Waals surface area (Å²) in [5.41, 5.74) is 9.94. The third kappa shape index (κ3) is 2.20. The fourth-order valence-electron chi connectivity index (χ4n) is 2.21. The van der Waals surface area contributed by atoms with Crippen molar-refractivity contribution in [2.75, 3.05) is 5.73 Å². The summed E-state index contributed by atoms with van der Waals surface area (Å²) in [5.74, 6) is 0.605. The minimum Gasteiger partial charge on any atom is -0.436 e. The highest BCUT2D eigenvalue weighted by atomic mass is 32.1. The van der Waals surface area contributed by atoms with E-state index in [0.717, 1.165) is 26.5 Å². The minimum atomic E-state index is 0.102. The highest BCUT2D eigenvalue weighted by molar-refractivity contribution is 7.16. The third-order valence-electron chi connectivity index (χ3n) is 3.37. The van der Waals surface area contributed by atoms with E-state index in [0.29, 0.717) is 5.89 Å². The lowest BCUT2D eigenvalue weighted by Gasteiger charge is -2.18. The molecule has 0 aliphatic heterocycles. The number of nitrogen functional groups attached to an aromatic ring is 1. The van der Waals surface area contributed by atoms with Crippen LogP contribution in [0, 0.1) is 6.92 Å². The number of hydrogen-bond acceptors (Lipinski definition) is 4. The van der Waals surface area contributed by atoms with Crippen molar-refractivity contribution in [1.29, 1.82) is 0 Å². The number of nitrogens with two attached hydrogens (primary N) is 1. The minimum absolute atomic E-state index is 0.102. The summed E-state index contributed by atoms with van der Waals surface area (Å²) < 4.78 is 5.83. The van der Waals surface area contributed by atoms with Gasteiger partial charge < -0.3 is 10.2 Å². The summed E-state index contributed by atoms with van der Waals surface area (Å²) in [6.07, 6.45) is 0. The van der Waals surface area contributed by atoms with Gasteiger partial charge in [0.25, 0.3) is 0 Å². The zero-order chi connectivity index (χ0) is 14.5. The van der Waals surface area contributed by atoms with Crippen LogP contribution in [0.5, 0.6) is 0 Å². The van der Waals surface area contributed by atoms with Gasteiger partial charge >= 0.3 is 0 Å². The number of benzene rings is 1. The van der Waals surface area contributed by atoms with Crippen molar-refractivity contribution >= 4 is 27.4 Å². The molecule has 20 heavy (non-hydrogen) atoms. The van der Waals surface area contributed by atoms with Crippen molar-refractivity contribution in [3.05, 3.63) is 34.7 Å². The van der Waals surface area contributed by atoms with E-state index in [-0.39, 0.29) is 5.41 Å². The van der Waals surface area contributed by atoms with E-state index >= 15 is 0 Å². The number of aryl methyl sites for hydroxylation is 1. The van der Waals surface area contributed by atoms with Gasteiger partial charge in [-0.3, -0.25) is 0 Å². The van der Waals surface area contributed by atoms with Crippen LogP contribution in [-0.2, 0) is 5.41 Å². The molecule has 0 saturated heterocycles. The number of thiophene rings is 1. The van der Waals surface area contributed by atoms with Crippen LogP contribution in [0.2, 0.25) is 0 Å². The summed E-state index contributed by atoms with van der Waals surface area (Å²) in [6, 6.07) is 8.20. The van der Waals surface area contributed by atoms with Crippen LogP contribution in [0.25, 0.3) is 22.6 Å². The maximum atomic E-state index is 6.01. The Kier molecular flexibility index (Phi) is 2.87. The molecule has 0 saturated carbocycles. The average molecular weight is 286 g/mol. The van der Waals surface area contributed by atoms with Crippen LogP contribution in [-0.4, -0.2) is 4.98 Å². The predicted molar refractivity (Wildman–Crippen MR) is 85.2 cm³/mol. The molecule has 0 amide bonds. The summed E-state index contributed by atoms with van der Waals surface area (Å²) in [6.45, 7) is 8.60. The second kappa shape index (κ2) is 4.35. The van der Waals surface area contributed by atoms with Crippen LogP contribution in [0.3, 0.4) is 0 Å². The van der Waals surface area contributed by atoms with Gasteiger partial charge in [0, 0.05) is 4.88 Å². The maximum absolute atomic E-state index is 6.01. The van der Waals surface area contributed by atoms with Crippen LogP contribution < -0.4 is 5.73 Å². The van der Waals surface area contributed by atoms with E-state index in [1.807, 2.05) is 19.1 Å². The molecule has 4 heteroatoms. The zero-order valence-corrected chi connectivity index (χ0v) is 13.0. The maximum Gasteiger partial charge on any atom is 0.230 e. The van der Waals surface area contributed by atoms with Crippen LogP contribution >= 0.6 is 11.3 Å². The zero-order valence-electron chi connectivity index (χ0n) is 12.2. The third-order valence-corrected chi connectivity index (χ3v) is 4.25. The number of oxazole rings is 1. The van der Waals surface area contributed by atoms with E-state index in [2.05, 4.69) is 37.9 Å². The largest absolute Gasteiger partial charge is 0.436 e. The SMILES string of the molecule is Cc1cc(-c2nc3cc(C(C)(C)C)ccc3o2)c(N)s1. The topological polar surface area (TPSA) is 52.0 Å². The number of nitrogens with zero attached hydrogens (tertiary/aromatic N) is 1. The van der Waals surface area contributed by atoms with E-state index in [4.69, 9.17) is 10.2 Å². The van der Waals surface area contributed by atoms with Gasteiger partial charge in [0.1, 0.15) is 5.52 Å². The van der Waals surface area contributed by atoms with Crippen molar-refractivity contribution in [1.82, 2.24) is 4.98 Å². The number of fused-ring (bicyclic) bond motifs is 1. The molecule has 0 atom stereocenters. The Hall–Kier alpha value is -1.81. The van der Waals surface area contributed by atoms with Gasteiger partial charge in [-0.25, -0.2) is 4.98 Å². The highest BCUT2D eigenvalue weighted by Gasteiger charge is 2.17. The number of rotatable bonds is 1. The standard InChI is InChI=1S/C16H18N2OS/c1-9-7-11(14(17)20-9)15-18-12-8-10(16(2,3)4)5-6-13(12)19-15/h5-8H,17H2,1-4H3. The molecular formula is C16H18N2OS. The van der Waals surface area contributed by atoms with Crippen molar-refractivity contribution in [3.8, 4) is 11.5 Å². The van der Waals surface area contributed by atoms with E-state index in [1.54, 1.807) is 11.3 Å². The lowest BCUT2D eigenvalue weighted by Crippen LogP contribution is -2.10. The fraction of sp³-hybridized carbons (Fsp3) is 0.312. The second-order valence-corrected chi connectivity index (χ2v) is 7.37. The molecule has 3 nitrogen and oxygen atoms in total. The Morgan fingerprint density at radius 1 is 1.20 bits per heavy atom. The molecule has 104 valence electrons. The molecule has 0 aliphatic carbocycles. The Morgan fingerprint density at radius 2 is 1.95 bits per heavy atom. The van der Waals surface area contributed by atoms with Crippen molar-refractivity contribution in [2.45, 2.75) is 33.1 Å². The first kappa shape index (κ1) is 13.2. The molecule has 0 aliphatic rings. The lowest BCUT2D eigenvalue weighted by atomic mass is 9.87. The molecular weight excluding hydrogens is 268 g/mol. The molecule has 2 aromatic heterocycles. The van der Waals surface area contributed by atoms with Gasteiger partial charge in [-0.05, 0) is 36.1 Å². The first-order valence-electron chi connectivity index (χ1n) is 6.62. The first-order chi connectivity index (χ1) is 9.34. The van der Waals surface area contributed by atoms with Gasteiger partial charge in [0.05, 0.1) is 10.6 Å².